The summed E-state index contributed by atoms with van der Waals surface area (Å²) in [7, 11) is 0. The van der Waals surface area contributed by atoms with Gasteiger partial charge < -0.3 is 10.6 Å². The number of aromatic nitrogens is 2. The van der Waals surface area contributed by atoms with Crippen LogP contribution in [-0.4, -0.2) is 52.7 Å². The molecule has 2 aromatic heterocycles. The number of carbonyl (C=O) groups excluding carboxylic acids is 2. The van der Waals surface area contributed by atoms with E-state index >= 15 is 0 Å². The first-order valence-corrected chi connectivity index (χ1v) is 11.4. The van der Waals surface area contributed by atoms with Crippen LogP contribution in [0.25, 0.3) is 0 Å². The Morgan fingerprint density at radius 1 is 1.24 bits per heavy atom. The fourth-order valence-corrected chi connectivity index (χ4v) is 4.27. The molecular weight excluding hydrogens is 386 g/mol. The number of piperidine rings is 1. The number of nitrogens with zero attached hydrogens (tertiary/aromatic N) is 3. The summed E-state index contributed by atoms with van der Waals surface area (Å²) in [5, 5.41) is 12.4. The fourth-order valence-electron chi connectivity index (χ4n) is 3.58. The zero-order valence-corrected chi connectivity index (χ0v) is 17.9. The molecule has 2 aromatic rings. The van der Waals surface area contributed by atoms with Gasteiger partial charge in [-0.25, -0.2) is 4.68 Å². The molecule has 1 fully saturated rings. The van der Waals surface area contributed by atoms with E-state index in [-0.39, 0.29) is 17.7 Å². The Morgan fingerprint density at radius 2 is 2.07 bits per heavy atom. The molecule has 0 spiro atoms. The van der Waals surface area contributed by atoms with Crippen molar-refractivity contribution in [2.75, 3.05) is 31.5 Å². The second kappa shape index (κ2) is 11.1. The molecule has 0 aromatic carbocycles. The monoisotopic (exact) mass is 417 g/mol. The highest BCUT2D eigenvalue weighted by molar-refractivity contribution is 7.09. The van der Waals surface area contributed by atoms with Gasteiger partial charge in [-0.1, -0.05) is 25.8 Å². The van der Waals surface area contributed by atoms with E-state index in [2.05, 4.69) is 33.6 Å². The SMILES string of the molecule is CCCCCNC(=O)C1CCN(CC(=O)Nc2ccnn2Cc2cccs2)CC1. The van der Waals surface area contributed by atoms with Gasteiger partial charge >= 0.3 is 0 Å². The second-order valence-electron chi connectivity index (χ2n) is 7.55. The van der Waals surface area contributed by atoms with Gasteiger partial charge in [-0.05, 0) is 43.8 Å². The Balaban J connectivity index is 1.39. The minimum Gasteiger partial charge on any atom is -0.356 e. The van der Waals surface area contributed by atoms with E-state index in [0.717, 1.165) is 51.7 Å². The van der Waals surface area contributed by atoms with Crippen molar-refractivity contribution < 1.29 is 9.59 Å². The van der Waals surface area contributed by atoms with Gasteiger partial charge in [0.15, 0.2) is 0 Å². The molecule has 7 nitrogen and oxygen atoms in total. The van der Waals surface area contributed by atoms with Gasteiger partial charge in [0.2, 0.25) is 11.8 Å². The molecule has 29 heavy (non-hydrogen) atoms. The van der Waals surface area contributed by atoms with Gasteiger partial charge in [0.1, 0.15) is 5.82 Å². The van der Waals surface area contributed by atoms with Crippen LogP contribution in [-0.2, 0) is 16.1 Å². The molecule has 1 saturated heterocycles. The first kappa shape index (κ1) is 21.5. The topological polar surface area (TPSA) is 79.3 Å². The zero-order valence-electron chi connectivity index (χ0n) is 17.1. The number of carbonyl (C=O) groups is 2. The molecule has 0 saturated carbocycles. The summed E-state index contributed by atoms with van der Waals surface area (Å²) in [6.45, 7) is 5.47. The average Bonchev–Trinajstić information content (AvgIpc) is 3.38. The number of nitrogens with one attached hydrogen (secondary N) is 2. The van der Waals surface area contributed by atoms with Crippen molar-refractivity contribution in [1.29, 1.82) is 0 Å². The molecule has 0 unspecified atom stereocenters. The Labute approximate surface area is 176 Å². The molecule has 3 heterocycles. The molecule has 2 amide bonds. The third-order valence-electron chi connectivity index (χ3n) is 5.27. The van der Waals surface area contributed by atoms with Crippen LogP contribution in [0.3, 0.4) is 0 Å². The van der Waals surface area contributed by atoms with E-state index in [1.807, 2.05) is 17.5 Å². The van der Waals surface area contributed by atoms with Crippen LogP contribution in [0, 0.1) is 5.92 Å². The Kier molecular flexibility index (Phi) is 8.25. The third-order valence-corrected chi connectivity index (χ3v) is 6.14. The molecule has 3 rings (SSSR count). The van der Waals surface area contributed by atoms with Crippen LogP contribution in [0.2, 0.25) is 0 Å². The lowest BCUT2D eigenvalue weighted by molar-refractivity contribution is -0.126. The molecule has 158 valence electrons. The van der Waals surface area contributed by atoms with Gasteiger partial charge in [0, 0.05) is 23.4 Å². The summed E-state index contributed by atoms with van der Waals surface area (Å²) < 4.78 is 1.80. The molecule has 8 heteroatoms. The van der Waals surface area contributed by atoms with Crippen LogP contribution in [0.5, 0.6) is 0 Å². The maximum absolute atomic E-state index is 12.5. The van der Waals surface area contributed by atoms with Crippen LogP contribution in [0.4, 0.5) is 5.82 Å². The standard InChI is InChI=1S/C21H31N5O2S/c1-2-3-4-10-22-21(28)17-8-12-25(13-9-17)16-20(27)24-19-7-11-23-26(19)15-18-6-5-14-29-18/h5-7,11,14,17H,2-4,8-10,12-13,15-16H2,1H3,(H,22,28)(H,24,27). The predicted molar refractivity (Wildman–Crippen MR) is 116 cm³/mol. The normalized spacial score (nSPS) is 15.3. The van der Waals surface area contributed by atoms with E-state index < -0.39 is 0 Å². The lowest BCUT2D eigenvalue weighted by Gasteiger charge is -2.30. The van der Waals surface area contributed by atoms with Gasteiger partial charge in [-0.3, -0.25) is 14.5 Å². The second-order valence-corrected chi connectivity index (χ2v) is 8.58. The van der Waals surface area contributed by atoms with Gasteiger partial charge in [0.25, 0.3) is 0 Å². The Morgan fingerprint density at radius 3 is 2.79 bits per heavy atom. The van der Waals surface area contributed by atoms with Crippen molar-refractivity contribution in [2.45, 2.75) is 45.6 Å². The third kappa shape index (κ3) is 6.68. The van der Waals surface area contributed by atoms with Crippen molar-refractivity contribution >= 4 is 29.0 Å². The maximum Gasteiger partial charge on any atom is 0.239 e. The molecule has 0 atom stereocenters. The number of hydrogen-bond acceptors (Lipinski definition) is 5. The maximum atomic E-state index is 12.5. The van der Waals surface area contributed by atoms with Gasteiger partial charge in [-0.15, -0.1) is 11.3 Å². The Hall–Kier alpha value is -2.19. The summed E-state index contributed by atoms with van der Waals surface area (Å²) in [6.07, 6.45) is 6.68. The number of unbranched alkanes of at least 4 members (excludes halogenated alkanes) is 2. The predicted octanol–water partition coefficient (Wildman–Crippen LogP) is 2.95. The molecule has 0 bridgehead atoms. The average molecular weight is 418 g/mol. The Bertz CT molecular complexity index is 766. The first-order chi connectivity index (χ1) is 14.2. The van der Waals surface area contributed by atoms with Crippen molar-refractivity contribution in [2.24, 2.45) is 5.92 Å². The van der Waals surface area contributed by atoms with Crippen molar-refractivity contribution in [3.8, 4) is 0 Å². The lowest BCUT2D eigenvalue weighted by Crippen LogP contribution is -2.43. The highest BCUT2D eigenvalue weighted by atomic mass is 32.1. The molecule has 1 aliphatic heterocycles. The smallest absolute Gasteiger partial charge is 0.239 e. The van der Waals surface area contributed by atoms with E-state index in [9.17, 15) is 9.59 Å². The van der Waals surface area contributed by atoms with Crippen molar-refractivity contribution in [3.05, 3.63) is 34.7 Å². The minimum atomic E-state index is -0.0413. The van der Waals surface area contributed by atoms with Crippen molar-refractivity contribution in [1.82, 2.24) is 20.0 Å². The molecule has 0 radical (unpaired) electrons. The van der Waals surface area contributed by atoms with Crippen LogP contribution < -0.4 is 10.6 Å². The van der Waals surface area contributed by atoms with Crippen LogP contribution in [0.15, 0.2) is 29.8 Å². The quantitative estimate of drug-likeness (QED) is 0.583. The largest absolute Gasteiger partial charge is 0.356 e. The summed E-state index contributed by atoms with van der Waals surface area (Å²) in [5.74, 6) is 0.913. The fraction of sp³-hybridized carbons (Fsp3) is 0.571. The number of thiophene rings is 1. The van der Waals surface area contributed by atoms with E-state index in [1.165, 1.54) is 4.88 Å². The van der Waals surface area contributed by atoms with Gasteiger partial charge in [-0.2, -0.15) is 5.10 Å². The van der Waals surface area contributed by atoms with Crippen LogP contribution >= 0.6 is 11.3 Å². The van der Waals surface area contributed by atoms with Crippen LogP contribution in [0.1, 0.15) is 43.9 Å². The van der Waals surface area contributed by atoms with E-state index in [0.29, 0.717) is 18.9 Å². The first-order valence-electron chi connectivity index (χ1n) is 10.5. The minimum absolute atomic E-state index is 0.0413. The highest BCUT2D eigenvalue weighted by Crippen LogP contribution is 2.18. The highest BCUT2D eigenvalue weighted by Gasteiger charge is 2.25. The summed E-state index contributed by atoms with van der Waals surface area (Å²) >= 11 is 1.67. The molecular formula is C21H31N5O2S. The summed E-state index contributed by atoms with van der Waals surface area (Å²) in [5.41, 5.74) is 0. The lowest BCUT2D eigenvalue weighted by atomic mass is 9.96. The van der Waals surface area contributed by atoms with Crippen molar-refractivity contribution in [3.63, 3.8) is 0 Å². The van der Waals surface area contributed by atoms with E-state index in [1.54, 1.807) is 22.2 Å². The number of anilines is 1. The zero-order chi connectivity index (χ0) is 20.5. The number of hydrogen-bond donors (Lipinski definition) is 2. The molecule has 0 aliphatic carbocycles. The number of likely N-dealkylation sites (tertiary alicyclic amines) is 1. The number of rotatable bonds is 10. The van der Waals surface area contributed by atoms with Gasteiger partial charge in [0.05, 0.1) is 19.3 Å². The molecule has 1 aliphatic rings. The number of amides is 2. The summed E-state index contributed by atoms with van der Waals surface area (Å²) in [4.78, 5) is 28.0. The summed E-state index contributed by atoms with van der Waals surface area (Å²) in [6, 6.07) is 5.89. The molecule has 2 N–H and O–H groups in total. The van der Waals surface area contributed by atoms with E-state index in [4.69, 9.17) is 0 Å².